The Morgan fingerprint density at radius 3 is 2.68 bits per heavy atom. The Hall–Kier alpha value is -1.50. The van der Waals surface area contributed by atoms with Crippen LogP contribution >= 0.6 is 0 Å². The summed E-state index contributed by atoms with van der Waals surface area (Å²) in [7, 11) is 3.19. The lowest BCUT2D eigenvalue weighted by atomic mass is 9.74. The van der Waals surface area contributed by atoms with Gasteiger partial charge in [-0.3, -0.25) is 9.78 Å². The number of β-lactam (4-membered cyclic amide) rings is 1. The summed E-state index contributed by atoms with van der Waals surface area (Å²) in [6, 6.07) is 4.13. The van der Waals surface area contributed by atoms with Gasteiger partial charge in [0.15, 0.2) is 5.60 Å². The molecule has 6 nitrogen and oxygen atoms in total. The Morgan fingerprint density at radius 1 is 1.25 bits per heavy atom. The van der Waals surface area contributed by atoms with Crippen molar-refractivity contribution in [3.8, 4) is 0 Å². The summed E-state index contributed by atoms with van der Waals surface area (Å²) >= 11 is 0. The van der Waals surface area contributed by atoms with Crippen LogP contribution in [0.15, 0.2) is 18.3 Å². The number of amides is 1. The average Bonchev–Trinajstić information content (AvgIpc) is 2.68. The zero-order valence-corrected chi connectivity index (χ0v) is 18.1. The maximum atomic E-state index is 13.1. The van der Waals surface area contributed by atoms with Crippen molar-refractivity contribution >= 4 is 5.91 Å². The summed E-state index contributed by atoms with van der Waals surface area (Å²) in [4.78, 5) is 19.4. The Bertz CT molecular complexity index is 622. The summed E-state index contributed by atoms with van der Waals surface area (Å²) in [6.07, 6.45) is 7.76. The number of pyridine rings is 1. The van der Waals surface area contributed by atoms with Gasteiger partial charge in [-0.2, -0.15) is 0 Å². The van der Waals surface area contributed by atoms with Crippen molar-refractivity contribution in [3.05, 3.63) is 29.6 Å². The minimum atomic E-state index is -0.937. The number of aromatic nitrogens is 1. The van der Waals surface area contributed by atoms with Crippen molar-refractivity contribution in [2.24, 2.45) is 5.92 Å². The van der Waals surface area contributed by atoms with Gasteiger partial charge in [-0.1, -0.05) is 33.6 Å². The zero-order chi connectivity index (χ0) is 20.6. The Kier molecular flexibility index (Phi) is 8.86. The van der Waals surface area contributed by atoms with Gasteiger partial charge in [0, 0.05) is 32.5 Å². The minimum absolute atomic E-state index is 0.0461. The summed E-state index contributed by atoms with van der Waals surface area (Å²) in [6.45, 7) is 6.87. The van der Waals surface area contributed by atoms with Gasteiger partial charge in [0.05, 0.1) is 6.04 Å². The van der Waals surface area contributed by atoms with Gasteiger partial charge in [0.25, 0.3) is 5.91 Å². The molecule has 2 rings (SSSR count). The molecular weight excluding hydrogens is 356 g/mol. The summed E-state index contributed by atoms with van der Waals surface area (Å²) in [5, 5.41) is 0. The lowest BCUT2D eigenvalue weighted by molar-refractivity contribution is -0.235. The fraction of sp³-hybridized carbons (Fsp3) is 0.727. The molecule has 1 saturated heterocycles. The first-order valence-corrected chi connectivity index (χ1v) is 10.3. The predicted molar refractivity (Wildman–Crippen MR) is 109 cm³/mol. The number of hydrogen-bond acceptors (Lipinski definition) is 5. The highest BCUT2D eigenvalue weighted by atomic mass is 16.7. The van der Waals surface area contributed by atoms with Crippen LogP contribution in [0.3, 0.4) is 0 Å². The molecule has 1 amide bonds. The van der Waals surface area contributed by atoms with Gasteiger partial charge in [0.2, 0.25) is 0 Å². The summed E-state index contributed by atoms with van der Waals surface area (Å²) in [5.41, 5.74) is 1.22. The van der Waals surface area contributed by atoms with Crippen LogP contribution in [0.1, 0.15) is 57.7 Å². The number of ether oxygens (including phenoxy) is 3. The first kappa shape index (κ1) is 22.8. The molecule has 2 atom stereocenters. The fourth-order valence-corrected chi connectivity index (χ4v) is 3.96. The molecule has 0 unspecified atom stereocenters. The van der Waals surface area contributed by atoms with Crippen LogP contribution in [0, 0.1) is 5.92 Å². The van der Waals surface area contributed by atoms with E-state index in [-0.39, 0.29) is 25.5 Å². The Morgan fingerprint density at radius 2 is 2.04 bits per heavy atom. The molecule has 0 spiro atoms. The largest absolute Gasteiger partial charge is 0.364 e. The number of methoxy groups -OCH3 is 2. The van der Waals surface area contributed by atoms with Gasteiger partial charge >= 0.3 is 0 Å². The molecule has 6 heteroatoms. The highest BCUT2D eigenvalue weighted by Gasteiger charge is 2.61. The maximum Gasteiger partial charge on any atom is 0.259 e. The van der Waals surface area contributed by atoms with Crippen molar-refractivity contribution in [1.82, 2.24) is 9.88 Å². The monoisotopic (exact) mass is 392 g/mol. The number of likely N-dealkylation sites (tertiary alicyclic amines) is 1. The van der Waals surface area contributed by atoms with Gasteiger partial charge < -0.3 is 19.1 Å². The van der Waals surface area contributed by atoms with E-state index in [0.717, 1.165) is 18.5 Å². The number of carbonyl (C=O) groups excluding carboxylic acids is 1. The molecule has 0 aromatic carbocycles. The van der Waals surface area contributed by atoms with Crippen molar-refractivity contribution in [2.75, 3.05) is 27.7 Å². The molecule has 0 bridgehead atoms. The van der Waals surface area contributed by atoms with Crippen LogP contribution in [-0.4, -0.2) is 55.2 Å². The highest BCUT2D eigenvalue weighted by molar-refractivity contribution is 5.93. The molecule has 0 N–H and O–H groups in total. The van der Waals surface area contributed by atoms with Gasteiger partial charge in [-0.15, -0.1) is 0 Å². The molecule has 1 aromatic rings. The van der Waals surface area contributed by atoms with E-state index in [0.29, 0.717) is 12.3 Å². The van der Waals surface area contributed by atoms with Crippen molar-refractivity contribution in [3.63, 3.8) is 0 Å². The molecule has 2 heterocycles. The van der Waals surface area contributed by atoms with E-state index in [4.69, 9.17) is 14.2 Å². The molecule has 1 fully saturated rings. The first-order chi connectivity index (χ1) is 13.5. The van der Waals surface area contributed by atoms with E-state index >= 15 is 0 Å². The van der Waals surface area contributed by atoms with Gasteiger partial charge in [-0.05, 0) is 42.9 Å². The Balaban J connectivity index is 2.24. The van der Waals surface area contributed by atoms with Crippen LogP contribution in [-0.2, 0) is 31.8 Å². The van der Waals surface area contributed by atoms with E-state index in [1.807, 2.05) is 6.20 Å². The van der Waals surface area contributed by atoms with Crippen LogP contribution in [0.4, 0.5) is 0 Å². The number of nitrogens with zero attached hydrogens (tertiary/aromatic N) is 2. The van der Waals surface area contributed by atoms with Crippen LogP contribution in [0.5, 0.6) is 0 Å². The molecule has 1 aliphatic heterocycles. The molecule has 158 valence electrons. The number of unbranched alkanes of at least 4 members (excludes halogenated alkanes) is 2. The standard InChI is InChI=1S/C22H36N2O4/c1-6-7-8-9-18-10-11-23-19(13-18)14-22(28-16-27-5)20(12-17(2)3)24(15-26-4)21(22)25/h10-11,13,17,20H,6-9,12,14-16H2,1-5H3/t20-,22+/m0/s1. The van der Waals surface area contributed by atoms with E-state index in [2.05, 4.69) is 37.9 Å². The van der Waals surface area contributed by atoms with E-state index in [1.54, 1.807) is 19.1 Å². The molecule has 1 aliphatic rings. The third-order valence-corrected chi connectivity index (χ3v) is 5.33. The highest BCUT2D eigenvalue weighted by Crippen LogP contribution is 2.40. The second kappa shape index (κ2) is 10.9. The van der Waals surface area contributed by atoms with Crippen molar-refractivity contribution in [1.29, 1.82) is 0 Å². The minimum Gasteiger partial charge on any atom is -0.364 e. The molecule has 0 radical (unpaired) electrons. The quantitative estimate of drug-likeness (QED) is 0.292. The molecule has 0 saturated carbocycles. The second-order valence-corrected chi connectivity index (χ2v) is 8.07. The second-order valence-electron chi connectivity index (χ2n) is 8.07. The average molecular weight is 393 g/mol. The summed E-state index contributed by atoms with van der Waals surface area (Å²) in [5.74, 6) is 0.381. The van der Waals surface area contributed by atoms with Gasteiger partial charge in [0.1, 0.15) is 13.5 Å². The van der Waals surface area contributed by atoms with E-state index in [1.165, 1.54) is 24.8 Å². The number of hydrogen-bond donors (Lipinski definition) is 0. The zero-order valence-electron chi connectivity index (χ0n) is 18.1. The van der Waals surface area contributed by atoms with Crippen molar-refractivity contribution in [2.45, 2.75) is 70.9 Å². The smallest absolute Gasteiger partial charge is 0.259 e. The fourth-order valence-electron chi connectivity index (χ4n) is 3.96. The molecule has 0 aliphatic carbocycles. The van der Waals surface area contributed by atoms with Crippen LogP contribution in [0.2, 0.25) is 0 Å². The van der Waals surface area contributed by atoms with Crippen LogP contribution in [0.25, 0.3) is 0 Å². The lowest BCUT2D eigenvalue weighted by Crippen LogP contribution is -2.76. The first-order valence-electron chi connectivity index (χ1n) is 10.3. The lowest BCUT2D eigenvalue weighted by Gasteiger charge is -2.55. The maximum absolute atomic E-state index is 13.1. The third-order valence-electron chi connectivity index (χ3n) is 5.33. The van der Waals surface area contributed by atoms with Gasteiger partial charge in [-0.25, -0.2) is 0 Å². The topological polar surface area (TPSA) is 60.9 Å². The Labute approximate surface area is 169 Å². The molecule has 1 aromatic heterocycles. The number of rotatable bonds is 13. The third kappa shape index (κ3) is 5.31. The predicted octanol–water partition coefficient (Wildman–Crippen LogP) is 3.58. The molecular formula is C22H36N2O4. The van der Waals surface area contributed by atoms with E-state index < -0.39 is 5.60 Å². The summed E-state index contributed by atoms with van der Waals surface area (Å²) < 4.78 is 16.5. The SMILES string of the molecule is CCCCCc1ccnc(C[C@]2(OCOC)C(=O)N(COC)[C@H]2CC(C)C)c1. The van der Waals surface area contributed by atoms with E-state index in [9.17, 15) is 4.79 Å². The molecule has 28 heavy (non-hydrogen) atoms. The van der Waals surface area contributed by atoms with Crippen LogP contribution < -0.4 is 0 Å². The number of carbonyl (C=O) groups is 1. The van der Waals surface area contributed by atoms with Crippen molar-refractivity contribution < 1.29 is 19.0 Å². The normalized spacial score (nSPS) is 22.0. The number of aryl methyl sites for hydroxylation is 1.